The third kappa shape index (κ3) is 2.80. The molecule has 0 aromatic carbocycles. The molecule has 1 saturated carbocycles. The fourth-order valence-electron chi connectivity index (χ4n) is 2.18. The van der Waals surface area contributed by atoms with Crippen LogP contribution in [0.2, 0.25) is 0 Å². The van der Waals surface area contributed by atoms with Crippen LogP contribution in [0, 0.1) is 17.3 Å². The standard InChI is InChI=1S/C12H20O3/c1-12(2,3)8-5-6-10(13)9(7-8)11(14)15-4/h8-9H,5-7H2,1-4H3/t8-,9+/m1/s1. The van der Waals surface area contributed by atoms with Crippen LogP contribution in [-0.4, -0.2) is 18.9 Å². The summed E-state index contributed by atoms with van der Waals surface area (Å²) in [6, 6.07) is 0. The lowest BCUT2D eigenvalue weighted by Gasteiger charge is -2.35. The fraction of sp³-hybridized carbons (Fsp3) is 0.833. The molecule has 3 heteroatoms. The van der Waals surface area contributed by atoms with Crippen LogP contribution >= 0.6 is 0 Å². The van der Waals surface area contributed by atoms with E-state index in [1.807, 2.05) is 0 Å². The van der Waals surface area contributed by atoms with Crippen LogP contribution in [0.25, 0.3) is 0 Å². The molecular weight excluding hydrogens is 192 g/mol. The lowest BCUT2D eigenvalue weighted by atomic mass is 9.69. The topological polar surface area (TPSA) is 43.4 Å². The Labute approximate surface area is 91.2 Å². The average molecular weight is 212 g/mol. The molecular formula is C12H20O3. The molecule has 15 heavy (non-hydrogen) atoms. The van der Waals surface area contributed by atoms with Gasteiger partial charge in [-0.15, -0.1) is 0 Å². The minimum atomic E-state index is -0.520. The molecule has 0 saturated heterocycles. The molecule has 0 radical (unpaired) electrons. The van der Waals surface area contributed by atoms with Gasteiger partial charge in [0.2, 0.25) is 0 Å². The number of ether oxygens (including phenoxy) is 1. The Hall–Kier alpha value is -0.860. The van der Waals surface area contributed by atoms with Crippen molar-refractivity contribution in [2.75, 3.05) is 7.11 Å². The van der Waals surface area contributed by atoms with Crippen LogP contribution in [0.4, 0.5) is 0 Å². The number of methoxy groups -OCH3 is 1. The monoisotopic (exact) mass is 212 g/mol. The summed E-state index contributed by atoms with van der Waals surface area (Å²) in [5, 5.41) is 0. The molecule has 0 unspecified atom stereocenters. The van der Waals surface area contributed by atoms with Gasteiger partial charge < -0.3 is 4.74 Å². The number of Topliss-reactive ketones (excluding diaryl/α,β-unsaturated/α-hetero) is 1. The molecule has 1 fully saturated rings. The molecule has 0 N–H and O–H groups in total. The van der Waals surface area contributed by atoms with E-state index in [-0.39, 0.29) is 17.2 Å². The van der Waals surface area contributed by atoms with E-state index >= 15 is 0 Å². The van der Waals surface area contributed by atoms with Crippen LogP contribution in [0.5, 0.6) is 0 Å². The summed E-state index contributed by atoms with van der Waals surface area (Å²) in [6.45, 7) is 6.46. The van der Waals surface area contributed by atoms with Gasteiger partial charge in [-0.2, -0.15) is 0 Å². The van der Waals surface area contributed by atoms with Crippen LogP contribution < -0.4 is 0 Å². The van der Waals surface area contributed by atoms with E-state index in [0.717, 1.165) is 6.42 Å². The van der Waals surface area contributed by atoms with E-state index in [1.54, 1.807) is 0 Å². The summed E-state index contributed by atoms with van der Waals surface area (Å²) in [6.07, 6.45) is 2.06. The first kappa shape index (κ1) is 12.2. The van der Waals surface area contributed by atoms with E-state index < -0.39 is 5.92 Å². The van der Waals surface area contributed by atoms with Crippen LogP contribution in [0.1, 0.15) is 40.0 Å². The predicted octanol–water partition coefficient (Wildman–Crippen LogP) is 2.19. The third-order valence-electron chi connectivity index (χ3n) is 3.36. The second-order valence-electron chi connectivity index (χ2n) is 5.38. The number of carbonyl (C=O) groups excluding carboxylic acids is 2. The largest absolute Gasteiger partial charge is 0.468 e. The Balaban J connectivity index is 2.72. The molecule has 0 amide bonds. The molecule has 86 valence electrons. The maximum atomic E-state index is 11.6. The smallest absolute Gasteiger partial charge is 0.316 e. The second kappa shape index (κ2) is 4.33. The van der Waals surface area contributed by atoms with E-state index in [0.29, 0.717) is 18.8 Å². The zero-order chi connectivity index (χ0) is 11.6. The normalized spacial score (nSPS) is 27.6. The third-order valence-corrected chi connectivity index (χ3v) is 3.36. The van der Waals surface area contributed by atoms with Crippen molar-refractivity contribution in [1.82, 2.24) is 0 Å². The van der Waals surface area contributed by atoms with Crippen LogP contribution in [0.15, 0.2) is 0 Å². The molecule has 3 nitrogen and oxygen atoms in total. The highest BCUT2D eigenvalue weighted by Gasteiger charge is 2.38. The fourth-order valence-corrected chi connectivity index (χ4v) is 2.18. The average Bonchev–Trinajstić information content (AvgIpc) is 2.15. The Morgan fingerprint density at radius 2 is 2.00 bits per heavy atom. The Morgan fingerprint density at radius 3 is 2.47 bits per heavy atom. The first-order chi connectivity index (χ1) is 6.86. The Bertz CT molecular complexity index is 255. The van der Waals surface area contributed by atoms with Gasteiger partial charge in [0.25, 0.3) is 0 Å². The van der Waals surface area contributed by atoms with Gasteiger partial charge in [0.1, 0.15) is 11.7 Å². The predicted molar refractivity (Wildman–Crippen MR) is 57.3 cm³/mol. The molecule has 2 atom stereocenters. The van der Waals surface area contributed by atoms with Gasteiger partial charge in [-0.05, 0) is 24.2 Å². The van der Waals surface area contributed by atoms with Crippen LogP contribution in [-0.2, 0) is 14.3 Å². The summed E-state index contributed by atoms with van der Waals surface area (Å²) in [4.78, 5) is 23.0. The molecule has 1 aliphatic carbocycles. The summed E-state index contributed by atoms with van der Waals surface area (Å²) < 4.78 is 4.66. The van der Waals surface area contributed by atoms with Crippen LogP contribution in [0.3, 0.4) is 0 Å². The molecule has 1 rings (SSSR count). The zero-order valence-electron chi connectivity index (χ0n) is 10.0. The lowest BCUT2D eigenvalue weighted by Crippen LogP contribution is -2.36. The van der Waals surface area contributed by atoms with Gasteiger partial charge in [0, 0.05) is 6.42 Å². The van der Waals surface area contributed by atoms with E-state index in [1.165, 1.54) is 7.11 Å². The highest BCUT2D eigenvalue weighted by molar-refractivity contribution is 5.99. The van der Waals surface area contributed by atoms with E-state index in [9.17, 15) is 9.59 Å². The van der Waals surface area contributed by atoms with Gasteiger partial charge in [0.15, 0.2) is 0 Å². The van der Waals surface area contributed by atoms with Gasteiger partial charge in [-0.1, -0.05) is 20.8 Å². The minimum Gasteiger partial charge on any atom is -0.468 e. The van der Waals surface area contributed by atoms with Crippen molar-refractivity contribution in [2.45, 2.75) is 40.0 Å². The highest BCUT2D eigenvalue weighted by atomic mass is 16.5. The summed E-state index contributed by atoms with van der Waals surface area (Å²) in [7, 11) is 1.34. The molecule has 1 aliphatic rings. The first-order valence-corrected chi connectivity index (χ1v) is 5.46. The van der Waals surface area contributed by atoms with Gasteiger partial charge in [0.05, 0.1) is 7.11 Å². The Morgan fingerprint density at radius 1 is 1.40 bits per heavy atom. The molecule has 0 aliphatic heterocycles. The van der Waals surface area contributed by atoms with Crippen molar-refractivity contribution in [3.8, 4) is 0 Å². The number of ketones is 1. The summed E-state index contributed by atoms with van der Waals surface area (Å²) >= 11 is 0. The maximum absolute atomic E-state index is 11.6. The molecule has 0 aromatic rings. The minimum absolute atomic E-state index is 0.0438. The number of carbonyl (C=O) groups is 2. The zero-order valence-corrected chi connectivity index (χ0v) is 10.0. The van der Waals surface area contributed by atoms with Gasteiger partial charge in [-0.3, -0.25) is 9.59 Å². The van der Waals surface area contributed by atoms with Crippen molar-refractivity contribution in [3.63, 3.8) is 0 Å². The summed E-state index contributed by atoms with van der Waals surface area (Å²) in [5.41, 5.74) is 0.160. The molecule has 0 spiro atoms. The quantitative estimate of drug-likeness (QED) is 0.494. The Kier molecular flexibility index (Phi) is 3.53. The van der Waals surface area contributed by atoms with Crippen molar-refractivity contribution >= 4 is 11.8 Å². The van der Waals surface area contributed by atoms with E-state index in [4.69, 9.17) is 0 Å². The first-order valence-electron chi connectivity index (χ1n) is 5.46. The SMILES string of the molecule is COC(=O)[C@H]1C[C@H](C(C)(C)C)CCC1=O. The number of hydrogen-bond acceptors (Lipinski definition) is 3. The van der Waals surface area contributed by atoms with Crippen molar-refractivity contribution < 1.29 is 14.3 Å². The van der Waals surface area contributed by atoms with Gasteiger partial charge >= 0.3 is 5.97 Å². The van der Waals surface area contributed by atoms with Crippen molar-refractivity contribution in [2.24, 2.45) is 17.3 Å². The number of hydrogen-bond donors (Lipinski definition) is 0. The van der Waals surface area contributed by atoms with Crippen molar-refractivity contribution in [1.29, 1.82) is 0 Å². The van der Waals surface area contributed by atoms with E-state index in [2.05, 4.69) is 25.5 Å². The lowest BCUT2D eigenvalue weighted by molar-refractivity contribution is -0.152. The number of esters is 1. The molecule has 0 bridgehead atoms. The van der Waals surface area contributed by atoms with Crippen molar-refractivity contribution in [3.05, 3.63) is 0 Å². The maximum Gasteiger partial charge on any atom is 0.316 e. The summed E-state index contributed by atoms with van der Waals surface area (Å²) in [5.74, 6) is -0.413. The molecule has 0 aromatic heterocycles. The highest BCUT2D eigenvalue weighted by Crippen LogP contribution is 2.39. The number of rotatable bonds is 1. The van der Waals surface area contributed by atoms with Gasteiger partial charge in [-0.25, -0.2) is 0 Å². The second-order valence-corrected chi connectivity index (χ2v) is 5.38. The molecule has 0 heterocycles.